The van der Waals surface area contributed by atoms with Gasteiger partial charge in [0.15, 0.2) is 6.29 Å². The summed E-state index contributed by atoms with van der Waals surface area (Å²) >= 11 is 0. The third-order valence-corrected chi connectivity index (χ3v) is 6.45. The van der Waals surface area contributed by atoms with E-state index in [-0.39, 0.29) is 24.0 Å². The Balaban J connectivity index is 1.44. The summed E-state index contributed by atoms with van der Waals surface area (Å²) in [5, 5.41) is 17.2. The minimum Gasteiger partial charge on any atom is -0.327 e. The zero-order chi connectivity index (χ0) is 25.6. The fourth-order valence-electron chi connectivity index (χ4n) is 4.52. The van der Waals surface area contributed by atoms with Crippen LogP contribution in [0.1, 0.15) is 43.2 Å². The van der Waals surface area contributed by atoms with Gasteiger partial charge in [-0.2, -0.15) is 5.10 Å². The predicted molar refractivity (Wildman–Crippen MR) is 144 cm³/mol. The quantitative estimate of drug-likeness (QED) is 0.296. The lowest BCUT2D eigenvalue weighted by Crippen LogP contribution is -2.53. The highest BCUT2D eigenvalue weighted by Gasteiger charge is 2.29. The number of benzene rings is 3. The number of hydrogen-bond donors (Lipinski definition) is 4. The second kappa shape index (κ2) is 11.1. The van der Waals surface area contributed by atoms with Crippen LogP contribution in [0, 0.1) is 0 Å². The van der Waals surface area contributed by atoms with E-state index < -0.39 is 6.29 Å². The minimum atomic E-state index is -0.585. The van der Waals surface area contributed by atoms with Gasteiger partial charge in [0.1, 0.15) is 5.82 Å². The summed E-state index contributed by atoms with van der Waals surface area (Å²) in [6.45, 7) is 2.03. The summed E-state index contributed by atoms with van der Waals surface area (Å²) in [6.07, 6.45) is 0.618. The molecule has 3 amide bonds. The van der Waals surface area contributed by atoms with Crippen molar-refractivity contribution >= 4 is 17.8 Å². The van der Waals surface area contributed by atoms with Gasteiger partial charge in [-0.25, -0.2) is 9.48 Å². The van der Waals surface area contributed by atoms with E-state index in [4.69, 9.17) is 5.10 Å². The number of carbonyl (C=O) groups is 2. The van der Waals surface area contributed by atoms with Gasteiger partial charge in [0, 0.05) is 24.1 Å². The van der Waals surface area contributed by atoms with E-state index >= 15 is 0 Å². The van der Waals surface area contributed by atoms with Crippen LogP contribution in [-0.4, -0.2) is 27.8 Å². The molecule has 1 fully saturated rings. The zero-order valence-corrected chi connectivity index (χ0v) is 20.6. The molecule has 2 atom stereocenters. The Labute approximate surface area is 216 Å². The molecule has 1 aliphatic heterocycles. The molecular weight excluding hydrogens is 464 g/mol. The smallest absolute Gasteiger partial charge is 0.321 e. The maximum atomic E-state index is 13.4. The van der Waals surface area contributed by atoms with Crippen LogP contribution >= 0.6 is 0 Å². The van der Waals surface area contributed by atoms with Crippen LogP contribution in [0.4, 0.5) is 10.6 Å². The molecule has 2 heterocycles. The normalized spacial score (nSPS) is 17.3. The Bertz CT molecular complexity index is 1300. The molecule has 0 radical (unpaired) electrons. The van der Waals surface area contributed by atoms with Gasteiger partial charge in [0.05, 0.1) is 11.7 Å². The fraction of sp³-hybridized carbons (Fsp3) is 0.207. The molecule has 0 aliphatic carbocycles. The molecule has 3 aromatic carbocycles. The number of carbonyl (C=O) groups excluding carboxylic acids is 2. The molecule has 1 aliphatic rings. The first kappa shape index (κ1) is 24.3. The van der Waals surface area contributed by atoms with Crippen LogP contribution in [0.15, 0.2) is 97.1 Å². The molecule has 8 nitrogen and oxygen atoms in total. The van der Waals surface area contributed by atoms with Crippen molar-refractivity contribution in [3.05, 3.63) is 108 Å². The van der Waals surface area contributed by atoms with Crippen LogP contribution in [0.2, 0.25) is 0 Å². The molecule has 4 N–H and O–H groups in total. The van der Waals surface area contributed by atoms with E-state index in [2.05, 4.69) is 21.3 Å². The highest BCUT2D eigenvalue weighted by molar-refractivity contribution is 5.89. The number of amides is 3. The molecule has 1 aromatic heterocycles. The second-order valence-electron chi connectivity index (χ2n) is 9.02. The van der Waals surface area contributed by atoms with Crippen molar-refractivity contribution in [3.8, 4) is 11.3 Å². The standard InChI is InChI=1S/C29H30N6O2/c1-2-23-18-26(36)32-28(30-23)35-25(19-24(34-35)20-12-6-3-7-13-20)31-29(37)33-27(21-14-8-4-9-15-21)22-16-10-5-11-17-22/h3-17,19,23,27-28,30H,2,18H2,1H3,(H,32,36)(H2,31,33,37). The first-order chi connectivity index (χ1) is 18.1. The summed E-state index contributed by atoms with van der Waals surface area (Å²) in [5.41, 5.74) is 3.53. The minimum absolute atomic E-state index is 0.0188. The van der Waals surface area contributed by atoms with E-state index in [1.54, 1.807) is 4.68 Å². The van der Waals surface area contributed by atoms with Crippen molar-refractivity contribution in [2.24, 2.45) is 0 Å². The van der Waals surface area contributed by atoms with Gasteiger partial charge in [-0.05, 0) is 17.5 Å². The summed E-state index contributed by atoms with van der Waals surface area (Å²) in [5.74, 6) is 0.404. The molecule has 1 saturated heterocycles. The highest BCUT2D eigenvalue weighted by Crippen LogP contribution is 2.26. The second-order valence-corrected chi connectivity index (χ2v) is 9.02. The average Bonchev–Trinajstić information content (AvgIpc) is 3.36. The maximum absolute atomic E-state index is 13.4. The summed E-state index contributed by atoms with van der Waals surface area (Å²) in [6, 6.07) is 30.5. The molecule has 188 valence electrons. The molecule has 8 heteroatoms. The number of nitrogens with one attached hydrogen (secondary N) is 4. The Morgan fingerprint density at radius 2 is 1.57 bits per heavy atom. The first-order valence-electron chi connectivity index (χ1n) is 12.5. The molecule has 0 bridgehead atoms. The van der Waals surface area contributed by atoms with Crippen LogP contribution in [0.25, 0.3) is 11.3 Å². The Morgan fingerprint density at radius 3 is 2.16 bits per heavy atom. The molecule has 37 heavy (non-hydrogen) atoms. The van der Waals surface area contributed by atoms with Crippen molar-refractivity contribution < 1.29 is 9.59 Å². The van der Waals surface area contributed by atoms with Gasteiger partial charge in [-0.1, -0.05) is 97.9 Å². The van der Waals surface area contributed by atoms with Crippen molar-refractivity contribution in [3.63, 3.8) is 0 Å². The largest absolute Gasteiger partial charge is 0.327 e. The van der Waals surface area contributed by atoms with E-state index in [0.717, 1.165) is 23.1 Å². The fourth-order valence-corrected chi connectivity index (χ4v) is 4.52. The summed E-state index contributed by atoms with van der Waals surface area (Å²) < 4.78 is 1.63. The van der Waals surface area contributed by atoms with Crippen LogP contribution in [-0.2, 0) is 4.79 Å². The van der Waals surface area contributed by atoms with E-state index in [0.29, 0.717) is 17.9 Å². The molecular formula is C29H30N6O2. The Hall–Kier alpha value is -4.43. The molecule has 4 aromatic rings. The lowest BCUT2D eigenvalue weighted by atomic mass is 9.99. The van der Waals surface area contributed by atoms with Gasteiger partial charge in [-0.3, -0.25) is 15.4 Å². The lowest BCUT2D eigenvalue weighted by molar-refractivity contribution is -0.125. The van der Waals surface area contributed by atoms with E-state index in [1.807, 2.05) is 104 Å². The van der Waals surface area contributed by atoms with Crippen molar-refractivity contribution in [2.45, 2.75) is 38.1 Å². The van der Waals surface area contributed by atoms with Crippen LogP contribution in [0.5, 0.6) is 0 Å². The highest BCUT2D eigenvalue weighted by atomic mass is 16.2. The van der Waals surface area contributed by atoms with Gasteiger partial charge < -0.3 is 10.6 Å². The summed E-state index contributed by atoms with van der Waals surface area (Å²) in [4.78, 5) is 25.8. The molecule has 2 unspecified atom stereocenters. The maximum Gasteiger partial charge on any atom is 0.321 e. The van der Waals surface area contributed by atoms with E-state index in [1.165, 1.54) is 0 Å². The number of rotatable bonds is 7. The van der Waals surface area contributed by atoms with Gasteiger partial charge in [-0.15, -0.1) is 0 Å². The Morgan fingerprint density at radius 1 is 0.973 bits per heavy atom. The third kappa shape index (κ3) is 5.70. The number of hydrogen-bond acceptors (Lipinski definition) is 4. The van der Waals surface area contributed by atoms with Gasteiger partial charge >= 0.3 is 6.03 Å². The number of nitrogens with zero attached hydrogens (tertiary/aromatic N) is 2. The number of urea groups is 1. The van der Waals surface area contributed by atoms with E-state index in [9.17, 15) is 9.59 Å². The molecule has 5 rings (SSSR count). The van der Waals surface area contributed by atoms with Crippen molar-refractivity contribution in [1.82, 2.24) is 25.7 Å². The zero-order valence-electron chi connectivity index (χ0n) is 20.6. The monoisotopic (exact) mass is 494 g/mol. The molecule has 0 spiro atoms. The Kier molecular flexibility index (Phi) is 7.28. The third-order valence-electron chi connectivity index (χ3n) is 6.45. The van der Waals surface area contributed by atoms with Crippen LogP contribution in [0.3, 0.4) is 0 Å². The topological polar surface area (TPSA) is 100 Å². The lowest BCUT2D eigenvalue weighted by Gasteiger charge is -2.32. The van der Waals surface area contributed by atoms with Crippen molar-refractivity contribution in [2.75, 3.05) is 5.32 Å². The average molecular weight is 495 g/mol. The number of aromatic nitrogens is 2. The van der Waals surface area contributed by atoms with Crippen molar-refractivity contribution in [1.29, 1.82) is 0 Å². The summed E-state index contributed by atoms with van der Waals surface area (Å²) in [7, 11) is 0. The van der Waals surface area contributed by atoms with Gasteiger partial charge in [0.25, 0.3) is 0 Å². The SMILES string of the molecule is CCC1CC(=O)NC(n2nc(-c3ccccc3)cc2NC(=O)NC(c2ccccc2)c2ccccc2)N1. The molecule has 0 saturated carbocycles. The predicted octanol–water partition coefficient (Wildman–Crippen LogP) is 4.81. The van der Waals surface area contributed by atoms with Gasteiger partial charge in [0.2, 0.25) is 5.91 Å². The number of anilines is 1. The first-order valence-corrected chi connectivity index (χ1v) is 12.5. The van der Waals surface area contributed by atoms with Crippen LogP contribution < -0.4 is 21.3 Å².